The minimum atomic E-state index is -0.941. The highest BCUT2D eigenvalue weighted by Crippen LogP contribution is 2.20. The van der Waals surface area contributed by atoms with Gasteiger partial charge in [0.1, 0.15) is 6.54 Å². The van der Waals surface area contributed by atoms with E-state index >= 15 is 0 Å². The molecule has 2 N–H and O–H groups in total. The van der Waals surface area contributed by atoms with Crippen molar-refractivity contribution in [3.05, 3.63) is 0 Å². The largest absolute Gasteiger partial charge is 0.480 e. The molecule has 1 aliphatic rings. The van der Waals surface area contributed by atoms with Crippen LogP contribution in [0.2, 0.25) is 0 Å². The number of amides is 1. The highest BCUT2D eigenvalue weighted by atomic mass is 32.2. The lowest BCUT2D eigenvalue weighted by Gasteiger charge is -2.24. The highest BCUT2D eigenvalue weighted by Gasteiger charge is 2.19. The number of thioether (sulfide) groups is 1. The van der Waals surface area contributed by atoms with E-state index in [-0.39, 0.29) is 12.5 Å². The fourth-order valence-corrected chi connectivity index (χ4v) is 3.10. The first-order valence-corrected chi connectivity index (χ1v) is 7.50. The summed E-state index contributed by atoms with van der Waals surface area (Å²) in [7, 11) is 0. The molecular formula is C12H22N2O3S. The topological polar surface area (TPSA) is 69.6 Å². The zero-order valence-electron chi connectivity index (χ0n) is 10.9. The van der Waals surface area contributed by atoms with Crippen LogP contribution in [0, 0.1) is 0 Å². The molecule has 5 nitrogen and oxygen atoms in total. The molecule has 18 heavy (non-hydrogen) atoms. The number of carbonyl (C=O) groups is 2. The van der Waals surface area contributed by atoms with Crippen LogP contribution in [0.25, 0.3) is 0 Å². The number of aliphatic carboxylic acids is 1. The molecule has 0 atom stereocenters. The monoisotopic (exact) mass is 274 g/mol. The Morgan fingerprint density at radius 1 is 1.39 bits per heavy atom. The molecule has 104 valence electrons. The van der Waals surface area contributed by atoms with Gasteiger partial charge in [-0.15, -0.1) is 11.8 Å². The molecule has 0 aliphatic carbocycles. The lowest BCUT2D eigenvalue weighted by molar-refractivity contribution is -0.143. The molecule has 1 rings (SSSR count). The molecule has 6 heteroatoms. The van der Waals surface area contributed by atoms with Crippen molar-refractivity contribution >= 4 is 23.6 Å². The van der Waals surface area contributed by atoms with Crippen molar-refractivity contribution in [3.63, 3.8) is 0 Å². The van der Waals surface area contributed by atoms with E-state index in [2.05, 4.69) is 5.32 Å². The number of carboxylic acid groups (broad SMARTS) is 1. The van der Waals surface area contributed by atoms with Crippen molar-refractivity contribution in [1.82, 2.24) is 10.2 Å². The van der Waals surface area contributed by atoms with Gasteiger partial charge in [0, 0.05) is 11.8 Å². The maximum absolute atomic E-state index is 11.9. The molecule has 1 fully saturated rings. The van der Waals surface area contributed by atoms with Crippen molar-refractivity contribution < 1.29 is 14.7 Å². The molecule has 1 heterocycles. The van der Waals surface area contributed by atoms with Crippen LogP contribution in [0.15, 0.2) is 0 Å². The number of rotatable bonds is 7. The predicted molar refractivity (Wildman–Crippen MR) is 72.9 cm³/mol. The standard InChI is InChI=1S/C12H22N2O3S/c1-2-7-14(8-12(16)17)11(15)9-18-10-3-5-13-6-4-10/h10,13H,2-9H2,1H3,(H,16,17). The lowest BCUT2D eigenvalue weighted by Crippen LogP contribution is -2.38. The average molecular weight is 274 g/mol. The van der Waals surface area contributed by atoms with Crippen molar-refractivity contribution in [1.29, 1.82) is 0 Å². The van der Waals surface area contributed by atoms with Gasteiger partial charge < -0.3 is 15.3 Å². The van der Waals surface area contributed by atoms with E-state index in [0.717, 1.165) is 32.4 Å². The van der Waals surface area contributed by atoms with Crippen molar-refractivity contribution in [2.45, 2.75) is 31.4 Å². The Hall–Kier alpha value is -0.750. The second kappa shape index (κ2) is 8.37. The zero-order chi connectivity index (χ0) is 13.4. The molecule has 1 aliphatic heterocycles. The molecule has 0 bridgehead atoms. The van der Waals surface area contributed by atoms with E-state index in [1.807, 2.05) is 6.92 Å². The zero-order valence-corrected chi connectivity index (χ0v) is 11.7. The van der Waals surface area contributed by atoms with Crippen LogP contribution in [0.1, 0.15) is 26.2 Å². The van der Waals surface area contributed by atoms with E-state index in [1.54, 1.807) is 11.8 Å². The van der Waals surface area contributed by atoms with Crippen LogP contribution < -0.4 is 5.32 Å². The van der Waals surface area contributed by atoms with Crippen LogP contribution in [0.5, 0.6) is 0 Å². The van der Waals surface area contributed by atoms with Crippen LogP contribution in [-0.2, 0) is 9.59 Å². The molecule has 0 unspecified atom stereocenters. The number of carbonyl (C=O) groups excluding carboxylic acids is 1. The molecule has 0 spiro atoms. The molecule has 0 aromatic heterocycles. The van der Waals surface area contributed by atoms with Gasteiger partial charge in [-0.1, -0.05) is 6.92 Å². The SMILES string of the molecule is CCCN(CC(=O)O)C(=O)CSC1CCNCC1. The highest BCUT2D eigenvalue weighted by molar-refractivity contribution is 8.00. The molecular weight excluding hydrogens is 252 g/mol. The van der Waals surface area contributed by atoms with E-state index < -0.39 is 5.97 Å². The molecule has 0 radical (unpaired) electrons. The number of hydrogen-bond acceptors (Lipinski definition) is 4. The summed E-state index contributed by atoms with van der Waals surface area (Å²) in [6.07, 6.45) is 2.96. The van der Waals surface area contributed by atoms with Gasteiger partial charge in [-0.25, -0.2) is 0 Å². The first-order valence-electron chi connectivity index (χ1n) is 6.45. The van der Waals surface area contributed by atoms with Gasteiger partial charge in [-0.2, -0.15) is 0 Å². The maximum Gasteiger partial charge on any atom is 0.323 e. The summed E-state index contributed by atoms with van der Waals surface area (Å²) < 4.78 is 0. The van der Waals surface area contributed by atoms with E-state index in [9.17, 15) is 9.59 Å². The minimum absolute atomic E-state index is 0.0530. The second-order valence-electron chi connectivity index (χ2n) is 4.47. The van der Waals surface area contributed by atoms with Crippen LogP contribution in [0.3, 0.4) is 0 Å². The van der Waals surface area contributed by atoms with Gasteiger partial charge in [0.05, 0.1) is 5.75 Å². The van der Waals surface area contributed by atoms with Gasteiger partial charge in [0.25, 0.3) is 0 Å². The summed E-state index contributed by atoms with van der Waals surface area (Å²) in [6.45, 7) is 4.32. The third-order valence-corrected chi connectivity index (χ3v) is 4.26. The van der Waals surface area contributed by atoms with E-state index in [0.29, 0.717) is 17.5 Å². The van der Waals surface area contributed by atoms with E-state index in [1.165, 1.54) is 4.90 Å². The Balaban J connectivity index is 2.32. The first-order chi connectivity index (χ1) is 8.63. The summed E-state index contributed by atoms with van der Waals surface area (Å²) in [5.41, 5.74) is 0. The normalized spacial score (nSPS) is 16.5. The average Bonchev–Trinajstić information content (AvgIpc) is 2.36. The summed E-state index contributed by atoms with van der Waals surface area (Å²) in [6, 6.07) is 0. The summed E-state index contributed by atoms with van der Waals surface area (Å²) in [5, 5.41) is 12.6. The smallest absolute Gasteiger partial charge is 0.323 e. The maximum atomic E-state index is 11.9. The van der Waals surface area contributed by atoms with E-state index in [4.69, 9.17) is 5.11 Å². The Kier molecular flexibility index (Phi) is 7.12. The van der Waals surface area contributed by atoms with Gasteiger partial charge in [-0.05, 0) is 32.4 Å². The van der Waals surface area contributed by atoms with Crippen molar-refractivity contribution in [2.24, 2.45) is 0 Å². The fourth-order valence-electron chi connectivity index (χ4n) is 1.97. The molecule has 0 saturated carbocycles. The second-order valence-corrected chi connectivity index (χ2v) is 5.76. The summed E-state index contributed by atoms with van der Waals surface area (Å²) in [5.74, 6) is -0.593. The van der Waals surface area contributed by atoms with Crippen LogP contribution in [-0.4, -0.2) is 59.1 Å². The molecule has 0 aromatic rings. The number of hydrogen-bond donors (Lipinski definition) is 2. The minimum Gasteiger partial charge on any atom is -0.480 e. The van der Waals surface area contributed by atoms with Gasteiger partial charge in [0.15, 0.2) is 0 Å². The van der Waals surface area contributed by atoms with Gasteiger partial charge in [0.2, 0.25) is 5.91 Å². The third-order valence-electron chi connectivity index (χ3n) is 2.90. The van der Waals surface area contributed by atoms with Crippen molar-refractivity contribution in [3.8, 4) is 0 Å². The predicted octanol–water partition coefficient (Wildman–Crippen LogP) is 0.795. The Morgan fingerprint density at radius 2 is 2.06 bits per heavy atom. The molecule has 1 amide bonds. The number of nitrogens with one attached hydrogen (secondary N) is 1. The van der Waals surface area contributed by atoms with Crippen LogP contribution in [0.4, 0.5) is 0 Å². The quantitative estimate of drug-likeness (QED) is 0.718. The van der Waals surface area contributed by atoms with Crippen molar-refractivity contribution in [2.75, 3.05) is 31.9 Å². The molecule has 0 aromatic carbocycles. The fraction of sp³-hybridized carbons (Fsp3) is 0.833. The third kappa shape index (κ3) is 5.73. The Bertz CT molecular complexity index is 280. The Labute approximate surface area is 112 Å². The van der Waals surface area contributed by atoms with Crippen LogP contribution >= 0.6 is 11.8 Å². The van der Waals surface area contributed by atoms with Gasteiger partial charge in [-0.3, -0.25) is 9.59 Å². The van der Waals surface area contributed by atoms with Gasteiger partial charge >= 0.3 is 5.97 Å². The number of carboxylic acids is 1. The molecule has 1 saturated heterocycles. The number of nitrogens with zero attached hydrogens (tertiary/aromatic N) is 1. The lowest BCUT2D eigenvalue weighted by atomic mass is 10.2. The first kappa shape index (κ1) is 15.3. The summed E-state index contributed by atoms with van der Waals surface area (Å²) >= 11 is 1.66. The summed E-state index contributed by atoms with van der Waals surface area (Å²) in [4.78, 5) is 24.1. The Morgan fingerprint density at radius 3 is 2.61 bits per heavy atom. The number of piperidine rings is 1.